The number of piperidine rings is 2. The molecule has 0 radical (unpaired) electrons. The molecule has 0 aliphatic carbocycles. The molecule has 2 aliphatic rings. The first kappa shape index (κ1) is 24.8. The molecule has 38 heavy (non-hydrogen) atoms. The van der Waals surface area contributed by atoms with Crippen LogP contribution in [0.15, 0.2) is 109 Å². The maximum Gasteiger partial charge on any atom is 0.0366 e. The number of rotatable bonds is 7. The molecule has 0 amide bonds. The molecule has 6 rings (SSSR count). The second kappa shape index (κ2) is 11.9. The lowest BCUT2D eigenvalue weighted by Crippen LogP contribution is -2.29. The van der Waals surface area contributed by atoms with E-state index >= 15 is 0 Å². The lowest BCUT2D eigenvalue weighted by molar-refractivity contribution is 0.577. The molecule has 0 saturated carbocycles. The summed E-state index contributed by atoms with van der Waals surface area (Å²) < 4.78 is 0. The van der Waals surface area contributed by atoms with Crippen molar-refractivity contribution in [3.8, 4) is 0 Å². The third kappa shape index (κ3) is 5.50. The molecule has 4 aromatic carbocycles. The van der Waals surface area contributed by atoms with Crippen LogP contribution in [0.3, 0.4) is 0 Å². The van der Waals surface area contributed by atoms with Gasteiger partial charge < -0.3 is 9.80 Å². The highest BCUT2D eigenvalue weighted by Gasteiger charge is 2.28. The average molecular weight is 501 g/mol. The summed E-state index contributed by atoms with van der Waals surface area (Å²) in [5.74, 6) is 0.463. The van der Waals surface area contributed by atoms with Gasteiger partial charge in [-0.2, -0.15) is 0 Å². The minimum absolute atomic E-state index is 0.227. The summed E-state index contributed by atoms with van der Waals surface area (Å²) in [7, 11) is 0. The van der Waals surface area contributed by atoms with Crippen molar-refractivity contribution in [1.29, 1.82) is 0 Å². The number of nitrogens with zero attached hydrogens (tertiary/aromatic N) is 2. The third-order valence-corrected chi connectivity index (χ3v) is 8.60. The predicted octanol–water partition coefficient (Wildman–Crippen LogP) is 8.63. The van der Waals surface area contributed by atoms with Crippen LogP contribution in [0.5, 0.6) is 0 Å². The maximum absolute atomic E-state index is 2.56. The fourth-order valence-corrected chi connectivity index (χ4v) is 6.56. The Kier molecular flexibility index (Phi) is 7.77. The minimum atomic E-state index is 0.227. The van der Waals surface area contributed by atoms with Crippen molar-refractivity contribution in [3.05, 3.63) is 131 Å². The molecular weight excluding hydrogens is 460 g/mol. The van der Waals surface area contributed by atoms with Gasteiger partial charge in [-0.15, -0.1) is 0 Å². The van der Waals surface area contributed by atoms with Crippen LogP contribution in [-0.2, 0) is 0 Å². The molecule has 4 aromatic rings. The molecule has 2 heterocycles. The second-order valence-electron chi connectivity index (χ2n) is 11.1. The van der Waals surface area contributed by atoms with E-state index in [0.29, 0.717) is 0 Å². The van der Waals surface area contributed by atoms with E-state index in [0.717, 1.165) is 0 Å². The Hall–Kier alpha value is -3.52. The highest BCUT2D eigenvalue weighted by atomic mass is 15.1. The molecule has 2 fully saturated rings. The topological polar surface area (TPSA) is 6.48 Å². The highest BCUT2D eigenvalue weighted by molar-refractivity contribution is 5.54. The fraction of sp³-hybridized carbons (Fsp3) is 0.333. The van der Waals surface area contributed by atoms with E-state index < -0.39 is 0 Å². The van der Waals surface area contributed by atoms with Gasteiger partial charge in [0.15, 0.2) is 0 Å². The van der Waals surface area contributed by atoms with Gasteiger partial charge >= 0.3 is 0 Å². The summed E-state index contributed by atoms with van der Waals surface area (Å²) in [5.41, 5.74) is 8.23. The molecule has 0 bridgehead atoms. The summed E-state index contributed by atoms with van der Waals surface area (Å²) in [5, 5.41) is 0. The third-order valence-electron chi connectivity index (χ3n) is 8.60. The smallest absolute Gasteiger partial charge is 0.0366 e. The Morgan fingerprint density at radius 2 is 0.658 bits per heavy atom. The van der Waals surface area contributed by atoms with Gasteiger partial charge in [0, 0.05) is 49.4 Å². The molecule has 0 atom stereocenters. The van der Waals surface area contributed by atoms with Crippen LogP contribution in [0, 0.1) is 0 Å². The van der Waals surface area contributed by atoms with E-state index in [9.17, 15) is 0 Å². The van der Waals surface area contributed by atoms with Crippen LogP contribution in [0.25, 0.3) is 0 Å². The standard InChI is InChI=1S/C36H40N2/c1-5-13-29(14-6-1)35(30-15-7-2-8-16-30)36(31-17-21-33(22-18-31)37-25-9-3-10-26-37)32-19-23-34(24-20-32)38-27-11-4-12-28-38/h1-2,5-8,13-24,35-36H,3-4,9-12,25-28H2. The Morgan fingerprint density at radius 1 is 0.342 bits per heavy atom. The summed E-state index contributed by atoms with van der Waals surface area (Å²) in [6.07, 6.45) is 7.94. The molecule has 194 valence electrons. The second-order valence-corrected chi connectivity index (χ2v) is 11.1. The van der Waals surface area contributed by atoms with Crippen molar-refractivity contribution in [2.45, 2.75) is 50.4 Å². The van der Waals surface area contributed by atoms with Crippen molar-refractivity contribution in [1.82, 2.24) is 0 Å². The number of hydrogen-bond donors (Lipinski definition) is 0. The first-order chi connectivity index (χ1) is 18.9. The van der Waals surface area contributed by atoms with Gasteiger partial charge in [0.2, 0.25) is 0 Å². The van der Waals surface area contributed by atoms with Crippen LogP contribution >= 0.6 is 0 Å². The number of hydrogen-bond acceptors (Lipinski definition) is 2. The number of anilines is 2. The molecule has 2 aliphatic heterocycles. The Labute approximate surface area is 228 Å². The zero-order valence-electron chi connectivity index (χ0n) is 22.5. The lowest BCUT2D eigenvalue weighted by Gasteiger charge is -2.32. The zero-order chi connectivity index (χ0) is 25.6. The summed E-state index contributed by atoms with van der Waals surface area (Å²) in [6.45, 7) is 4.71. The van der Waals surface area contributed by atoms with Gasteiger partial charge in [-0.3, -0.25) is 0 Å². The number of benzene rings is 4. The maximum atomic E-state index is 2.56. The molecule has 0 N–H and O–H groups in total. The van der Waals surface area contributed by atoms with E-state index in [1.807, 2.05) is 0 Å². The summed E-state index contributed by atoms with van der Waals surface area (Å²) in [6, 6.07) is 41.2. The van der Waals surface area contributed by atoms with Gasteiger partial charge in [-0.25, -0.2) is 0 Å². The molecule has 0 aromatic heterocycles. The van der Waals surface area contributed by atoms with Crippen molar-refractivity contribution in [3.63, 3.8) is 0 Å². The van der Waals surface area contributed by atoms with Crippen LogP contribution in [0.4, 0.5) is 11.4 Å². The predicted molar refractivity (Wildman–Crippen MR) is 162 cm³/mol. The van der Waals surface area contributed by atoms with E-state index in [4.69, 9.17) is 0 Å². The van der Waals surface area contributed by atoms with Gasteiger partial charge in [-0.05, 0) is 85.0 Å². The van der Waals surface area contributed by atoms with Crippen LogP contribution in [0.2, 0.25) is 0 Å². The fourth-order valence-electron chi connectivity index (χ4n) is 6.56. The molecule has 0 unspecified atom stereocenters. The average Bonchev–Trinajstić information content (AvgIpc) is 3.02. The normalized spacial score (nSPS) is 16.3. The van der Waals surface area contributed by atoms with Gasteiger partial charge in [0.05, 0.1) is 0 Å². The molecular formula is C36H40N2. The minimum Gasteiger partial charge on any atom is -0.372 e. The van der Waals surface area contributed by atoms with Crippen LogP contribution in [0.1, 0.15) is 72.6 Å². The van der Waals surface area contributed by atoms with Crippen LogP contribution < -0.4 is 9.80 Å². The highest BCUT2D eigenvalue weighted by Crippen LogP contribution is 2.43. The molecule has 2 saturated heterocycles. The molecule has 2 nitrogen and oxygen atoms in total. The van der Waals surface area contributed by atoms with E-state index in [2.05, 4.69) is 119 Å². The van der Waals surface area contributed by atoms with E-state index in [1.165, 1.54) is 98.3 Å². The quantitative estimate of drug-likeness (QED) is 0.251. The molecule has 2 heteroatoms. The Bertz CT molecular complexity index is 1150. The van der Waals surface area contributed by atoms with E-state index in [1.54, 1.807) is 0 Å². The van der Waals surface area contributed by atoms with Crippen molar-refractivity contribution < 1.29 is 0 Å². The first-order valence-corrected chi connectivity index (χ1v) is 14.7. The van der Waals surface area contributed by atoms with Crippen LogP contribution in [-0.4, -0.2) is 26.2 Å². The monoisotopic (exact) mass is 500 g/mol. The van der Waals surface area contributed by atoms with Gasteiger partial charge in [0.25, 0.3) is 0 Å². The van der Waals surface area contributed by atoms with Gasteiger partial charge in [-0.1, -0.05) is 84.9 Å². The van der Waals surface area contributed by atoms with E-state index in [-0.39, 0.29) is 11.8 Å². The summed E-state index contributed by atoms with van der Waals surface area (Å²) >= 11 is 0. The van der Waals surface area contributed by atoms with Crippen molar-refractivity contribution >= 4 is 11.4 Å². The summed E-state index contributed by atoms with van der Waals surface area (Å²) in [4.78, 5) is 5.11. The van der Waals surface area contributed by atoms with Gasteiger partial charge in [0.1, 0.15) is 0 Å². The zero-order valence-corrected chi connectivity index (χ0v) is 22.5. The Balaban J connectivity index is 1.41. The Morgan fingerprint density at radius 3 is 1.00 bits per heavy atom. The first-order valence-electron chi connectivity index (χ1n) is 14.7. The molecule has 0 spiro atoms. The van der Waals surface area contributed by atoms with Crippen molar-refractivity contribution in [2.75, 3.05) is 36.0 Å². The largest absolute Gasteiger partial charge is 0.372 e. The lowest BCUT2D eigenvalue weighted by atomic mass is 9.73. The SMILES string of the molecule is c1ccc(C(c2ccccc2)C(c2ccc(N3CCCCC3)cc2)c2ccc(N3CCCCC3)cc2)cc1. The van der Waals surface area contributed by atoms with Crippen molar-refractivity contribution in [2.24, 2.45) is 0 Å².